The van der Waals surface area contributed by atoms with Crippen LogP contribution in [0.4, 0.5) is 0 Å². The summed E-state index contributed by atoms with van der Waals surface area (Å²) < 4.78 is 7.05. The van der Waals surface area contributed by atoms with Crippen molar-refractivity contribution in [1.29, 1.82) is 0 Å². The van der Waals surface area contributed by atoms with E-state index < -0.39 is 0 Å². The van der Waals surface area contributed by atoms with Gasteiger partial charge in [0.05, 0.1) is 61.8 Å². The number of benzene rings is 7. The highest BCUT2D eigenvalue weighted by Crippen LogP contribution is 2.39. The molecule has 0 aliphatic rings. The van der Waals surface area contributed by atoms with Gasteiger partial charge in [-0.15, -0.1) is 11.3 Å². The summed E-state index contributed by atoms with van der Waals surface area (Å²) >= 11 is 1.78. The molecule has 0 amide bonds. The predicted molar refractivity (Wildman–Crippen MR) is 259 cm³/mol. The number of thiophene rings is 1. The fraction of sp³-hybridized carbons (Fsp3) is 0. The molecular weight excluding hydrogens is 791 g/mol. The zero-order valence-corrected chi connectivity index (χ0v) is 34.4. The Hall–Kier alpha value is -8.33. The second-order valence-corrected chi connectivity index (χ2v) is 16.8. The molecule has 8 heteroatoms. The highest BCUT2D eigenvalue weighted by molar-refractivity contribution is 7.25. The topological polar surface area (TPSA) is 74.3 Å². The molecule has 0 fully saturated rings. The number of rotatable bonds is 6. The van der Waals surface area contributed by atoms with Crippen LogP contribution in [0.2, 0.25) is 0 Å². The monoisotopic (exact) mass is 823 g/mol. The summed E-state index contributed by atoms with van der Waals surface area (Å²) in [6.07, 6.45) is 5.60. The van der Waals surface area contributed by atoms with Gasteiger partial charge in [0.2, 0.25) is 0 Å². The summed E-state index contributed by atoms with van der Waals surface area (Å²) in [5.74, 6) is 1.48. The Kier molecular flexibility index (Phi) is 7.94. The lowest BCUT2D eigenvalue weighted by Crippen LogP contribution is -2.02. The van der Waals surface area contributed by atoms with Crippen LogP contribution in [0.3, 0.4) is 0 Å². The van der Waals surface area contributed by atoms with Crippen LogP contribution in [0.25, 0.3) is 121 Å². The normalized spacial score (nSPS) is 11.8. The molecule has 0 aliphatic carbocycles. The molecule has 6 aromatic heterocycles. The second-order valence-electron chi connectivity index (χ2n) is 15.8. The van der Waals surface area contributed by atoms with E-state index in [0.29, 0.717) is 5.82 Å². The lowest BCUT2D eigenvalue weighted by molar-refractivity contribution is 1.05. The maximum atomic E-state index is 5.26. The van der Waals surface area contributed by atoms with Gasteiger partial charge < -0.3 is 4.57 Å². The molecule has 13 aromatic rings. The highest BCUT2D eigenvalue weighted by Gasteiger charge is 2.19. The molecule has 0 N–H and O–H groups in total. The first-order chi connectivity index (χ1) is 31.2. The summed E-state index contributed by atoms with van der Waals surface area (Å²) in [6, 6.07) is 63.8. The molecular formula is C55H33N7S. The third-order valence-electron chi connectivity index (χ3n) is 12.1. The number of hydrogen-bond donors (Lipinski definition) is 0. The zero-order valence-electron chi connectivity index (χ0n) is 33.6. The SMILES string of the molecule is c1ccc(-c2cc(-n3c4ccccc4c4cc(-c5cncc(-c6ccc7c(c6)c6ccccc6n7-c6ccc7sc8cccnc8c7c6)n5)ccc43)nc(-c3ccccc3)n2)cc1. The summed E-state index contributed by atoms with van der Waals surface area (Å²) in [5.41, 5.74) is 13.0. The number of aromatic nitrogens is 7. The van der Waals surface area contributed by atoms with Gasteiger partial charge in [0.1, 0.15) is 5.82 Å². The van der Waals surface area contributed by atoms with Crippen molar-refractivity contribution >= 4 is 75.3 Å². The van der Waals surface area contributed by atoms with Crippen molar-refractivity contribution in [2.75, 3.05) is 0 Å². The molecule has 63 heavy (non-hydrogen) atoms. The first-order valence-corrected chi connectivity index (χ1v) is 21.7. The minimum absolute atomic E-state index is 0.676. The standard InChI is InChI=1S/C55H33N7S/c1-3-12-34(13-4-1)44-31-53(60-55(59-44)35-14-5-2-6-15-35)62-48-19-10-8-17-40(48)42-29-37(22-25-50(42)62)46-33-56-32-45(58-46)36-21-24-49-41(28-36)39-16-7-9-18-47(39)61(49)38-23-26-51-43(30-38)54-52(63-51)20-11-27-57-54/h1-33H. The van der Waals surface area contributed by atoms with Crippen molar-refractivity contribution in [2.24, 2.45) is 0 Å². The molecule has 7 nitrogen and oxygen atoms in total. The van der Waals surface area contributed by atoms with Crippen LogP contribution in [0.5, 0.6) is 0 Å². The van der Waals surface area contributed by atoms with Crippen molar-refractivity contribution in [3.05, 3.63) is 201 Å². The van der Waals surface area contributed by atoms with Gasteiger partial charge in [-0.2, -0.15) is 0 Å². The molecule has 0 unspecified atom stereocenters. The quantitative estimate of drug-likeness (QED) is 0.167. The summed E-state index contributed by atoms with van der Waals surface area (Å²) in [7, 11) is 0. The van der Waals surface area contributed by atoms with Gasteiger partial charge in [-0.3, -0.25) is 14.5 Å². The third-order valence-corrected chi connectivity index (χ3v) is 13.2. The molecule has 0 saturated carbocycles. The van der Waals surface area contributed by atoms with Gasteiger partial charge in [0, 0.05) is 71.8 Å². The number of para-hydroxylation sites is 2. The van der Waals surface area contributed by atoms with Gasteiger partial charge in [-0.25, -0.2) is 15.0 Å². The Morgan fingerprint density at radius 3 is 1.71 bits per heavy atom. The molecule has 0 bridgehead atoms. The van der Waals surface area contributed by atoms with Crippen LogP contribution in [0.15, 0.2) is 201 Å². The zero-order chi connectivity index (χ0) is 41.4. The minimum Gasteiger partial charge on any atom is -0.309 e. The van der Waals surface area contributed by atoms with Gasteiger partial charge in [-0.05, 0) is 66.7 Å². The first-order valence-electron chi connectivity index (χ1n) is 20.9. The molecule has 0 atom stereocenters. The number of nitrogens with zero attached hydrogens (tertiary/aromatic N) is 7. The maximum Gasteiger partial charge on any atom is 0.162 e. The molecule has 294 valence electrons. The van der Waals surface area contributed by atoms with Crippen molar-refractivity contribution in [2.45, 2.75) is 0 Å². The molecule has 0 spiro atoms. The average molecular weight is 824 g/mol. The van der Waals surface area contributed by atoms with Crippen molar-refractivity contribution in [3.63, 3.8) is 0 Å². The summed E-state index contributed by atoms with van der Waals surface area (Å²) in [4.78, 5) is 25.0. The van der Waals surface area contributed by atoms with Crippen LogP contribution in [0.1, 0.15) is 0 Å². The smallest absolute Gasteiger partial charge is 0.162 e. The molecule has 0 saturated heterocycles. The van der Waals surface area contributed by atoms with E-state index in [-0.39, 0.29) is 0 Å². The predicted octanol–water partition coefficient (Wildman–Crippen LogP) is 13.9. The highest BCUT2D eigenvalue weighted by atomic mass is 32.1. The van der Waals surface area contributed by atoms with Crippen molar-refractivity contribution in [1.82, 2.24) is 34.1 Å². The number of hydrogen-bond acceptors (Lipinski definition) is 6. The van der Waals surface area contributed by atoms with Crippen LogP contribution < -0.4 is 0 Å². The fourth-order valence-corrected chi connectivity index (χ4v) is 10.2. The van der Waals surface area contributed by atoms with E-state index in [0.717, 1.165) is 94.6 Å². The van der Waals surface area contributed by atoms with Crippen LogP contribution in [-0.2, 0) is 0 Å². The Labute approximate surface area is 364 Å². The van der Waals surface area contributed by atoms with E-state index in [2.05, 4.69) is 149 Å². The molecule has 0 radical (unpaired) electrons. The van der Waals surface area contributed by atoms with Gasteiger partial charge in [0.15, 0.2) is 5.82 Å². The Bertz CT molecular complexity index is 3870. The third kappa shape index (κ3) is 5.76. The van der Waals surface area contributed by atoms with E-state index in [1.807, 2.05) is 61.1 Å². The van der Waals surface area contributed by atoms with Gasteiger partial charge >= 0.3 is 0 Å². The van der Waals surface area contributed by atoms with Gasteiger partial charge in [0.25, 0.3) is 0 Å². The van der Waals surface area contributed by atoms with Crippen LogP contribution in [0, 0.1) is 0 Å². The molecule has 0 aliphatic heterocycles. The van der Waals surface area contributed by atoms with Crippen molar-refractivity contribution < 1.29 is 0 Å². The first kappa shape index (κ1) is 35.4. The average Bonchev–Trinajstić information content (AvgIpc) is 4.01. The van der Waals surface area contributed by atoms with Crippen LogP contribution in [-0.4, -0.2) is 34.1 Å². The maximum absolute atomic E-state index is 5.26. The lowest BCUT2D eigenvalue weighted by atomic mass is 10.1. The molecule has 13 rings (SSSR count). The minimum atomic E-state index is 0.676. The summed E-state index contributed by atoms with van der Waals surface area (Å²) in [5, 5.41) is 5.76. The molecule has 7 aromatic carbocycles. The number of fused-ring (bicyclic) bond motifs is 9. The fourth-order valence-electron chi connectivity index (χ4n) is 9.18. The van der Waals surface area contributed by atoms with Crippen LogP contribution >= 0.6 is 11.3 Å². The van der Waals surface area contributed by atoms with Crippen molar-refractivity contribution in [3.8, 4) is 56.7 Å². The van der Waals surface area contributed by atoms with Gasteiger partial charge in [-0.1, -0.05) is 109 Å². The largest absolute Gasteiger partial charge is 0.309 e. The lowest BCUT2D eigenvalue weighted by Gasteiger charge is -2.12. The second kappa shape index (κ2) is 14.1. The van der Waals surface area contributed by atoms with E-state index in [9.17, 15) is 0 Å². The Balaban J connectivity index is 0.920. The van der Waals surface area contributed by atoms with E-state index in [4.69, 9.17) is 24.9 Å². The van der Waals surface area contributed by atoms with E-state index in [1.54, 1.807) is 11.3 Å². The Morgan fingerprint density at radius 1 is 0.381 bits per heavy atom. The van der Waals surface area contributed by atoms with E-state index >= 15 is 0 Å². The Morgan fingerprint density at radius 2 is 1.00 bits per heavy atom. The van der Waals surface area contributed by atoms with E-state index in [1.165, 1.54) is 20.2 Å². The molecule has 6 heterocycles. The summed E-state index contributed by atoms with van der Waals surface area (Å²) in [6.45, 7) is 0. The number of pyridine rings is 1.